The molecule has 19 heavy (non-hydrogen) atoms. The van der Waals surface area contributed by atoms with Crippen molar-refractivity contribution in [1.82, 2.24) is 4.90 Å². The molecule has 0 spiro atoms. The summed E-state index contributed by atoms with van der Waals surface area (Å²) in [4.78, 5) is 2.30. The highest BCUT2D eigenvalue weighted by molar-refractivity contribution is 4.90. The normalized spacial score (nSPS) is 31.3. The van der Waals surface area contributed by atoms with E-state index >= 15 is 0 Å². The lowest BCUT2D eigenvalue weighted by Gasteiger charge is -2.46. The second-order valence-corrected chi connectivity index (χ2v) is 6.46. The molecule has 0 aromatic heterocycles. The van der Waals surface area contributed by atoms with Gasteiger partial charge in [0, 0.05) is 52.8 Å². The van der Waals surface area contributed by atoms with Crippen LogP contribution in [0.2, 0.25) is 0 Å². The molecule has 1 unspecified atom stereocenters. The van der Waals surface area contributed by atoms with E-state index in [-0.39, 0.29) is 11.7 Å². The zero-order valence-electron chi connectivity index (χ0n) is 12.4. The maximum Gasteiger partial charge on any atom is 0.0942 e. The molecule has 0 bridgehead atoms. The third-order valence-electron chi connectivity index (χ3n) is 3.85. The molecule has 0 aromatic carbocycles. The topological polar surface area (TPSA) is 51.2 Å². The van der Waals surface area contributed by atoms with Crippen molar-refractivity contribution in [3.8, 4) is 0 Å². The first kappa shape index (κ1) is 15.2. The number of methoxy groups -OCH3 is 1. The lowest BCUT2D eigenvalue weighted by Crippen LogP contribution is -2.58. The number of rotatable bonds is 4. The number of β-amino-alcohol motifs (C(OH)–C–C–N with tert-alkyl or cyclic N) is 1. The number of morpholine rings is 1. The van der Waals surface area contributed by atoms with Crippen molar-refractivity contribution in [3.05, 3.63) is 0 Å². The zero-order chi connectivity index (χ0) is 13.9. The number of hydrogen-bond donors (Lipinski definition) is 1. The molecule has 5 nitrogen and oxygen atoms in total. The molecule has 0 aromatic rings. The summed E-state index contributed by atoms with van der Waals surface area (Å²) in [5.41, 5.74) is -0.799. The second kappa shape index (κ2) is 6.06. The quantitative estimate of drug-likeness (QED) is 0.815. The molecule has 2 rings (SSSR count). The molecule has 0 amide bonds. The highest BCUT2D eigenvalue weighted by atomic mass is 16.5. The van der Waals surface area contributed by atoms with Gasteiger partial charge in [-0.1, -0.05) is 0 Å². The summed E-state index contributed by atoms with van der Waals surface area (Å²) in [7, 11) is 1.70. The molecule has 0 aliphatic carbocycles. The lowest BCUT2D eigenvalue weighted by atomic mass is 9.92. The maximum absolute atomic E-state index is 10.6. The van der Waals surface area contributed by atoms with Crippen LogP contribution in [-0.2, 0) is 14.2 Å². The third kappa shape index (κ3) is 4.39. The summed E-state index contributed by atoms with van der Waals surface area (Å²) in [5.74, 6) is 0. The van der Waals surface area contributed by atoms with Crippen molar-refractivity contribution >= 4 is 0 Å². The van der Waals surface area contributed by atoms with Crippen molar-refractivity contribution in [2.75, 3.05) is 46.6 Å². The van der Waals surface area contributed by atoms with E-state index < -0.39 is 5.60 Å². The van der Waals surface area contributed by atoms with Crippen LogP contribution in [0, 0.1) is 0 Å². The molecule has 1 atom stereocenters. The largest absolute Gasteiger partial charge is 0.388 e. The Hall–Kier alpha value is -0.200. The number of aliphatic hydroxyl groups is 1. The SMILES string of the molecule is COCC1CN(CC2(O)CCOCC2)CC(C)(C)O1. The van der Waals surface area contributed by atoms with Gasteiger partial charge < -0.3 is 19.3 Å². The molecule has 0 saturated carbocycles. The van der Waals surface area contributed by atoms with Gasteiger partial charge in [-0.2, -0.15) is 0 Å². The van der Waals surface area contributed by atoms with Gasteiger partial charge >= 0.3 is 0 Å². The van der Waals surface area contributed by atoms with Crippen molar-refractivity contribution in [1.29, 1.82) is 0 Å². The number of hydrogen-bond acceptors (Lipinski definition) is 5. The first-order chi connectivity index (χ1) is 8.92. The van der Waals surface area contributed by atoms with Crippen LogP contribution in [0.25, 0.3) is 0 Å². The smallest absolute Gasteiger partial charge is 0.0942 e. The summed E-state index contributed by atoms with van der Waals surface area (Å²) in [6, 6.07) is 0. The Balaban J connectivity index is 1.94. The highest BCUT2D eigenvalue weighted by Gasteiger charge is 2.38. The monoisotopic (exact) mass is 273 g/mol. The molecule has 0 radical (unpaired) electrons. The van der Waals surface area contributed by atoms with Gasteiger partial charge in [-0.05, 0) is 13.8 Å². The van der Waals surface area contributed by atoms with Crippen molar-refractivity contribution in [2.24, 2.45) is 0 Å². The predicted octanol–water partition coefficient (Wildman–Crippen LogP) is 0.654. The van der Waals surface area contributed by atoms with Gasteiger partial charge in [0.15, 0.2) is 0 Å². The van der Waals surface area contributed by atoms with E-state index in [2.05, 4.69) is 18.7 Å². The molecule has 2 fully saturated rings. The molecule has 1 N–H and O–H groups in total. The Kier molecular flexibility index (Phi) is 4.84. The van der Waals surface area contributed by atoms with Gasteiger partial charge in [-0.3, -0.25) is 4.90 Å². The van der Waals surface area contributed by atoms with Crippen LogP contribution in [0.15, 0.2) is 0 Å². The van der Waals surface area contributed by atoms with Crippen LogP contribution in [0.3, 0.4) is 0 Å². The van der Waals surface area contributed by atoms with E-state index in [9.17, 15) is 5.11 Å². The van der Waals surface area contributed by atoms with Gasteiger partial charge in [-0.15, -0.1) is 0 Å². The fourth-order valence-electron chi connectivity index (χ4n) is 3.14. The van der Waals surface area contributed by atoms with Gasteiger partial charge in [0.2, 0.25) is 0 Å². The average Bonchev–Trinajstić information content (AvgIpc) is 2.27. The molecular weight excluding hydrogens is 246 g/mol. The highest BCUT2D eigenvalue weighted by Crippen LogP contribution is 2.26. The van der Waals surface area contributed by atoms with E-state index in [1.807, 2.05) is 0 Å². The molecule has 5 heteroatoms. The Morgan fingerprint density at radius 2 is 2.00 bits per heavy atom. The summed E-state index contributed by atoms with van der Waals surface area (Å²) in [6.07, 6.45) is 1.52. The molecule has 2 aliphatic heterocycles. The van der Waals surface area contributed by atoms with Crippen LogP contribution in [-0.4, -0.2) is 73.9 Å². The van der Waals surface area contributed by atoms with Crippen LogP contribution in [0.5, 0.6) is 0 Å². The summed E-state index contributed by atoms with van der Waals surface area (Å²) in [6.45, 7) is 8.46. The lowest BCUT2D eigenvalue weighted by molar-refractivity contribution is -0.168. The summed E-state index contributed by atoms with van der Waals surface area (Å²) < 4.78 is 16.5. The summed E-state index contributed by atoms with van der Waals surface area (Å²) >= 11 is 0. The first-order valence-electron chi connectivity index (χ1n) is 7.12. The number of ether oxygens (including phenoxy) is 3. The molecule has 2 heterocycles. The second-order valence-electron chi connectivity index (χ2n) is 6.46. The van der Waals surface area contributed by atoms with E-state index in [1.54, 1.807) is 7.11 Å². The maximum atomic E-state index is 10.6. The first-order valence-corrected chi connectivity index (χ1v) is 7.12. The Morgan fingerprint density at radius 3 is 2.63 bits per heavy atom. The Morgan fingerprint density at radius 1 is 1.32 bits per heavy atom. The van der Waals surface area contributed by atoms with Gasteiger partial charge in [0.25, 0.3) is 0 Å². The average molecular weight is 273 g/mol. The van der Waals surface area contributed by atoms with E-state index in [4.69, 9.17) is 14.2 Å². The van der Waals surface area contributed by atoms with Gasteiger partial charge in [0.1, 0.15) is 0 Å². The van der Waals surface area contributed by atoms with Crippen LogP contribution in [0.1, 0.15) is 26.7 Å². The van der Waals surface area contributed by atoms with E-state index in [0.717, 1.165) is 25.9 Å². The minimum Gasteiger partial charge on any atom is -0.388 e. The van der Waals surface area contributed by atoms with Crippen molar-refractivity contribution in [2.45, 2.75) is 44.0 Å². The van der Waals surface area contributed by atoms with Crippen molar-refractivity contribution < 1.29 is 19.3 Å². The van der Waals surface area contributed by atoms with Crippen LogP contribution >= 0.6 is 0 Å². The van der Waals surface area contributed by atoms with E-state index in [1.165, 1.54) is 0 Å². The minimum absolute atomic E-state index is 0.0807. The molecule has 2 saturated heterocycles. The van der Waals surface area contributed by atoms with Crippen LogP contribution < -0.4 is 0 Å². The standard InChI is InChI=1S/C14H27NO4/c1-13(2)10-15(8-12(19-13)9-17-3)11-14(16)4-6-18-7-5-14/h12,16H,4-11H2,1-3H3. The fourth-order valence-corrected chi connectivity index (χ4v) is 3.14. The fraction of sp³-hybridized carbons (Fsp3) is 1.00. The van der Waals surface area contributed by atoms with E-state index in [0.29, 0.717) is 26.4 Å². The third-order valence-corrected chi connectivity index (χ3v) is 3.85. The predicted molar refractivity (Wildman–Crippen MR) is 72.3 cm³/mol. The van der Waals surface area contributed by atoms with Gasteiger partial charge in [-0.25, -0.2) is 0 Å². The van der Waals surface area contributed by atoms with Gasteiger partial charge in [0.05, 0.1) is 23.9 Å². The minimum atomic E-state index is -0.608. The van der Waals surface area contributed by atoms with Crippen molar-refractivity contribution in [3.63, 3.8) is 0 Å². The molecular formula is C14H27NO4. The Labute approximate surface area is 115 Å². The molecule has 2 aliphatic rings. The zero-order valence-corrected chi connectivity index (χ0v) is 12.4. The summed E-state index contributed by atoms with van der Waals surface area (Å²) in [5, 5.41) is 10.6. The van der Waals surface area contributed by atoms with Crippen LogP contribution in [0.4, 0.5) is 0 Å². The number of nitrogens with zero attached hydrogens (tertiary/aromatic N) is 1. The molecule has 112 valence electrons. The Bertz CT molecular complexity index is 289.